The van der Waals surface area contributed by atoms with E-state index >= 15 is 0 Å². The van der Waals surface area contributed by atoms with Gasteiger partial charge in [-0.1, -0.05) is 0 Å². The summed E-state index contributed by atoms with van der Waals surface area (Å²) < 4.78 is 35.7. The molecule has 0 aromatic rings. The summed E-state index contributed by atoms with van der Waals surface area (Å²) in [5.74, 6) is -0.320. The molecule has 0 amide bonds. The molecule has 0 aliphatic carbocycles. The number of nitrogens with zero attached hydrogens (tertiary/aromatic N) is 1. The zero-order valence-corrected chi connectivity index (χ0v) is 9.15. The van der Waals surface area contributed by atoms with E-state index in [1.54, 1.807) is 0 Å². The van der Waals surface area contributed by atoms with E-state index in [1.807, 2.05) is 4.90 Å². The number of nitrogens with one attached hydrogen (secondary N) is 1. The number of carbonyl (C=O) groups excluding carboxylic acids is 1. The maximum atomic E-state index is 11.9. The molecular weight excluding hydrogens is 221 g/mol. The molecule has 1 heterocycles. The van der Waals surface area contributed by atoms with Gasteiger partial charge in [0.2, 0.25) is 0 Å². The van der Waals surface area contributed by atoms with E-state index in [0.717, 1.165) is 32.6 Å². The lowest BCUT2D eigenvalue weighted by Gasteiger charge is -2.18. The largest absolute Gasteiger partial charge is 0.389 e. The SMILES string of the molecule is O=C(CCC(F)(F)F)CN1CCCNCC1. The first kappa shape index (κ1) is 13.4. The van der Waals surface area contributed by atoms with Crippen LogP contribution in [0.15, 0.2) is 0 Å². The van der Waals surface area contributed by atoms with Crippen molar-refractivity contribution in [3.8, 4) is 0 Å². The molecule has 3 nitrogen and oxygen atoms in total. The van der Waals surface area contributed by atoms with Crippen LogP contribution in [0.2, 0.25) is 0 Å². The van der Waals surface area contributed by atoms with E-state index in [4.69, 9.17) is 0 Å². The summed E-state index contributed by atoms with van der Waals surface area (Å²) in [6, 6.07) is 0. The lowest BCUT2D eigenvalue weighted by Crippen LogP contribution is -2.33. The summed E-state index contributed by atoms with van der Waals surface area (Å²) in [4.78, 5) is 13.2. The molecule has 0 atom stereocenters. The molecule has 1 N–H and O–H groups in total. The number of hydrogen-bond acceptors (Lipinski definition) is 3. The lowest BCUT2D eigenvalue weighted by molar-refractivity contribution is -0.143. The fourth-order valence-electron chi connectivity index (χ4n) is 1.67. The lowest BCUT2D eigenvalue weighted by atomic mass is 10.2. The molecule has 94 valence electrons. The van der Waals surface area contributed by atoms with Gasteiger partial charge in [-0.05, 0) is 19.5 Å². The van der Waals surface area contributed by atoms with Gasteiger partial charge in [0.05, 0.1) is 13.0 Å². The van der Waals surface area contributed by atoms with Gasteiger partial charge in [0.1, 0.15) is 5.78 Å². The molecule has 1 aliphatic rings. The van der Waals surface area contributed by atoms with E-state index in [2.05, 4.69) is 5.32 Å². The topological polar surface area (TPSA) is 32.3 Å². The third-order valence-electron chi connectivity index (χ3n) is 2.52. The molecule has 1 rings (SSSR count). The number of hydrogen-bond donors (Lipinski definition) is 1. The molecule has 0 aromatic heterocycles. The number of rotatable bonds is 4. The average molecular weight is 238 g/mol. The minimum absolute atomic E-state index is 0.151. The van der Waals surface area contributed by atoms with Gasteiger partial charge in [0.15, 0.2) is 0 Å². The number of carbonyl (C=O) groups is 1. The maximum absolute atomic E-state index is 11.9. The van der Waals surface area contributed by atoms with E-state index < -0.39 is 19.0 Å². The fourth-order valence-corrected chi connectivity index (χ4v) is 1.67. The van der Waals surface area contributed by atoms with Gasteiger partial charge in [-0.3, -0.25) is 9.69 Å². The molecule has 0 radical (unpaired) electrons. The minimum atomic E-state index is -4.23. The molecule has 0 bridgehead atoms. The second kappa shape index (κ2) is 6.20. The first-order chi connectivity index (χ1) is 7.47. The van der Waals surface area contributed by atoms with Crippen LogP contribution in [0.4, 0.5) is 13.2 Å². The summed E-state index contributed by atoms with van der Waals surface area (Å²) >= 11 is 0. The Morgan fingerprint density at radius 3 is 2.69 bits per heavy atom. The third-order valence-corrected chi connectivity index (χ3v) is 2.52. The molecule has 1 aliphatic heterocycles. The average Bonchev–Trinajstić information content (AvgIpc) is 2.42. The second-order valence-corrected chi connectivity index (χ2v) is 4.03. The minimum Gasteiger partial charge on any atom is -0.315 e. The van der Waals surface area contributed by atoms with Crippen LogP contribution >= 0.6 is 0 Å². The van der Waals surface area contributed by atoms with Crippen molar-refractivity contribution in [2.45, 2.75) is 25.4 Å². The normalized spacial score (nSPS) is 19.4. The number of alkyl halides is 3. The van der Waals surface area contributed by atoms with Crippen LogP contribution in [0, 0.1) is 0 Å². The predicted molar refractivity (Wildman–Crippen MR) is 54.2 cm³/mol. The van der Waals surface area contributed by atoms with E-state index in [1.165, 1.54) is 0 Å². The van der Waals surface area contributed by atoms with Crippen LogP contribution in [0.3, 0.4) is 0 Å². The Labute approximate surface area is 93.0 Å². The Morgan fingerprint density at radius 1 is 1.25 bits per heavy atom. The summed E-state index contributed by atoms with van der Waals surface area (Å²) in [7, 11) is 0. The maximum Gasteiger partial charge on any atom is 0.389 e. The zero-order valence-electron chi connectivity index (χ0n) is 9.15. The van der Waals surface area contributed by atoms with Crippen molar-refractivity contribution in [3.63, 3.8) is 0 Å². The first-order valence-electron chi connectivity index (χ1n) is 5.49. The van der Waals surface area contributed by atoms with Crippen molar-refractivity contribution < 1.29 is 18.0 Å². The molecule has 0 aromatic carbocycles. The molecule has 0 saturated carbocycles. The van der Waals surface area contributed by atoms with Crippen LogP contribution in [-0.2, 0) is 4.79 Å². The quantitative estimate of drug-likeness (QED) is 0.798. The molecule has 6 heteroatoms. The highest BCUT2D eigenvalue weighted by Gasteiger charge is 2.28. The third kappa shape index (κ3) is 6.07. The number of Topliss-reactive ketones (excluding diaryl/α,β-unsaturated/α-hetero) is 1. The van der Waals surface area contributed by atoms with Gasteiger partial charge < -0.3 is 5.32 Å². The summed E-state index contributed by atoms with van der Waals surface area (Å²) in [6.07, 6.45) is -4.69. The molecule has 0 spiro atoms. The fraction of sp³-hybridized carbons (Fsp3) is 0.900. The predicted octanol–water partition coefficient (Wildman–Crippen LogP) is 1.19. The molecule has 1 saturated heterocycles. The van der Waals surface area contributed by atoms with Crippen LogP contribution in [0.1, 0.15) is 19.3 Å². The van der Waals surface area contributed by atoms with Crippen LogP contribution < -0.4 is 5.32 Å². The molecule has 0 unspecified atom stereocenters. The Morgan fingerprint density at radius 2 is 2.00 bits per heavy atom. The van der Waals surface area contributed by atoms with Crippen molar-refractivity contribution >= 4 is 5.78 Å². The van der Waals surface area contributed by atoms with Crippen molar-refractivity contribution in [3.05, 3.63) is 0 Å². The summed E-state index contributed by atoms with van der Waals surface area (Å²) in [5, 5.41) is 3.17. The van der Waals surface area contributed by atoms with Crippen LogP contribution in [0.25, 0.3) is 0 Å². The van der Waals surface area contributed by atoms with Crippen molar-refractivity contribution in [2.24, 2.45) is 0 Å². The van der Waals surface area contributed by atoms with Gasteiger partial charge in [0.25, 0.3) is 0 Å². The van der Waals surface area contributed by atoms with Crippen molar-refractivity contribution in [1.82, 2.24) is 10.2 Å². The first-order valence-corrected chi connectivity index (χ1v) is 5.49. The Kier molecular flexibility index (Phi) is 5.21. The van der Waals surface area contributed by atoms with E-state index in [9.17, 15) is 18.0 Å². The Balaban J connectivity index is 2.22. The van der Waals surface area contributed by atoms with Crippen LogP contribution in [-0.4, -0.2) is 49.6 Å². The highest BCUT2D eigenvalue weighted by Crippen LogP contribution is 2.21. The molecule has 16 heavy (non-hydrogen) atoms. The van der Waals surface area contributed by atoms with E-state index in [-0.39, 0.29) is 12.3 Å². The van der Waals surface area contributed by atoms with Crippen LogP contribution in [0.5, 0.6) is 0 Å². The smallest absolute Gasteiger partial charge is 0.315 e. The Hall–Kier alpha value is -0.620. The van der Waals surface area contributed by atoms with Gasteiger partial charge in [0, 0.05) is 19.5 Å². The molecule has 1 fully saturated rings. The molecular formula is C10H17F3N2O. The number of ketones is 1. The van der Waals surface area contributed by atoms with Crippen molar-refractivity contribution in [2.75, 3.05) is 32.7 Å². The van der Waals surface area contributed by atoms with Gasteiger partial charge in [-0.2, -0.15) is 13.2 Å². The summed E-state index contributed by atoms with van der Waals surface area (Å²) in [5.41, 5.74) is 0. The highest BCUT2D eigenvalue weighted by atomic mass is 19.4. The zero-order chi connectivity index (χ0) is 12.0. The van der Waals surface area contributed by atoms with Gasteiger partial charge >= 0.3 is 6.18 Å². The highest BCUT2D eigenvalue weighted by molar-refractivity contribution is 5.80. The Bertz CT molecular complexity index is 223. The number of halogens is 3. The van der Waals surface area contributed by atoms with Crippen molar-refractivity contribution in [1.29, 1.82) is 0 Å². The monoisotopic (exact) mass is 238 g/mol. The second-order valence-electron chi connectivity index (χ2n) is 4.03. The van der Waals surface area contributed by atoms with Gasteiger partial charge in [-0.25, -0.2) is 0 Å². The summed E-state index contributed by atoms with van der Waals surface area (Å²) in [6.45, 7) is 3.38. The van der Waals surface area contributed by atoms with E-state index in [0.29, 0.717) is 0 Å². The van der Waals surface area contributed by atoms with Gasteiger partial charge in [-0.15, -0.1) is 0 Å². The standard InChI is InChI=1S/C10H17F3N2O/c11-10(12,13)3-2-9(16)8-15-6-1-4-14-5-7-15/h14H,1-8H2.